The van der Waals surface area contributed by atoms with Crippen molar-refractivity contribution in [3.63, 3.8) is 0 Å². The van der Waals surface area contributed by atoms with Gasteiger partial charge in [0.15, 0.2) is 0 Å². The molecule has 8 nitrogen and oxygen atoms in total. The van der Waals surface area contributed by atoms with E-state index in [-0.39, 0.29) is 5.69 Å². The second kappa shape index (κ2) is 8.08. The molecule has 3 heterocycles. The highest BCUT2D eigenvalue weighted by molar-refractivity contribution is 7.15. The maximum absolute atomic E-state index is 10.7. The number of nitrogens with one attached hydrogen (secondary N) is 1. The molecule has 0 saturated heterocycles. The number of fused-ring (bicyclic) bond motifs is 1. The van der Waals surface area contributed by atoms with Crippen LogP contribution in [0.2, 0.25) is 0 Å². The van der Waals surface area contributed by atoms with E-state index in [1.165, 1.54) is 35.2 Å². The smallest absolute Gasteiger partial charge is 0.287 e. The van der Waals surface area contributed by atoms with Crippen LogP contribution >= 0.6 is 11.3 Å². The van der Waals surface area contributed by atoms with Crippen molar-refractivity contribution in [2.45, 2.75) is 39.5 Å². The van der Waals surface area contributed by atoms with Crippen molar-refractivity contribution in [3.8, 4) is 11.1 Å². The Balaban J connectivity index is 1.60. The van der Waals surface area contributed by atoms with Gasteiger partial charge in [-0.15, -0.1) is 11.3 Å². The van der Waals surface area contributed by atoms with Crippen LogP contribution < -0.4 is 5.43 Å². The standard InChI is InChI=1S/C21H20N6O2S/c1-13-9-15(11-24-25-20-8-7-16(12-23-20)27(28)29)14(2)26(13)21-18(10-22)17-5-3-4-6-19(17)30-21/h7-9,11-12H,3-6H2,1-2H3,(H,23,25)/b24-11+. The number of hydrogen-bond donors (Lipinski definition) is 1. The molecule has 152 valence electrons. The molecule has 3 aromatic heterocycles. The highest BCUT2D eigenvalue weighted by Gasteiger charge is 2.23. The molecule has 1 aliphatic rings. The minimum absolute atomic E-state index is 0.0694. The van der Waals surface area contributed by atoms with Crippen molar-refractivity contribution < 1.29 is 4.92 Å². The molecule has 0 saturated carbocycles. The highest BCUT2D eigenvalue weighted by Crippen LogP contribution is 2.38. The molecule has 0 aliphatic heterocycles. The summed E-state index contributed by atoms with van der Waals surface area (Å²) in [6, 6.07) is 7.34. The molecule has 4 rings (SSSR count). The lowest BCUT2D eigenvalue weighted by molar-refractivity contribution is -0.385. The van der Waals surface area contributed by atoms with Crippen LogP contribution in [0.3, 0.4) is 0 Å². The Labute approximate surface area is 177 Å². The molecule has 0 aromatic carbocycles. The van der Waals surface area contributed by atoms with Gasteiger partial charge < -0.3 is 4.57 Å². The molecular weight excluding hydrogens is 400 g/mol. The molecule has 1 aliphatic carbocycles. The first-order chi connectivity index (χ1) is 14.5. The summed E-state index contributed by atoms with van der Waals surface area (Å²) in [5.41, 5.74) is 7.72. The molecule has 0 bridgehead atoms. The summed E-state index contributed by atoms with van der Waals surface area (Å²) < 4.78 is 2.13. The van der Waals surface area contributed by atoms with Crippen LogP contribution in [0.15, 0.2) is 29.5 Å². The molecule has 0 amide bonds. The third-order valence-corrected chi connectivity index (χ3v) is 6.56. The Hall–Kier alpha value is -3.51. The summed E-state index contributed by atoms with van der Waals surface area (Å²) >= 11 is 1.72. The number of hydrazone groups is 1. The monoisotopic (exact) mass is 420 g/mol. The van der Waals surface area contributed by atoms with Crippen molar-refractivity contribution in [3.05, 3.63) is 67.5 Å². The SMILES string of the molecule is Cc1cc(/C=N/Nc2ccc([N+](=O)[O-])cn2)c(C)n1-c1sc2c(c1C#N)CCCC2. The van der Waals surface area contributed by atoms with E-state index < -0.39 is 4.92 Å². The van der Waals surface area contributed by atoms with Gasteiger partial charge in [0.25, 0.3) is 5.69 Å². The van der Waals surface area contributed by atoms with Crippen LogP contribution in [0, 0.1) is 35.3 Å². The first-order valence-electron chi connectivity index (χ1n) is 9.63. The predicted molar refractivity (Wildman–Crippen MR) is 117 cm³/mol. The Bertz CT molecular complexity index is 1180. The van der Waals surface area contributed by atoms with Crippen LogP contribution in [0.25, 0.3) is 5.00 Å². The number of thiophene rings is 1. The number of nitriles is 1. The number of hydrogen-bond acceptors (Lipinski definition) is 7. The van der Waals surface area contributed by atoms with Gasteiger partial charge in [-0.25, -0.2) is 4.98 Å². The number of pyridine rings is 1. The van der Waals surface area contributed by atoms with Gasteiger partial charge in [-0.2, -0.15) is 10.4 Å². The minimum Gasteiger partial charge on any atom is -0.308 e. The number of rotatable bonds is 5. The maximum atomic E-state index is 10.7. The molecule has 30 heavy (non-hydrogen) atoms. The van der Waals surface area contributed by atoms with E-state index in [1.807, 2.05) is 19.9 Å². The Morgan fingerprint density at radius 2 is 2.17 bits per heavy atom. The first-order valence-corrected chi connectivity index (χ1v) is 10.4. The van der Waals surface area contributed by atoms with Crippen molar-refractivity contribution in [2.75, 3.05) is 5.43 Å². The molecule has 0 radical (unpaired) electrons. The van der Waals surface area contributed by atoms with E-state index in [4.69, 9.17) is 0 Å². The zero-order valence-corrected chi connectivity index (χ0v) is 17.5. The van der Waals surface area contributed by atoms with Gasteiger partial charge in [0.05, 0.1) is 16.7 Å². The van der Waals surface area contributed by atoms with E-state index in [0.29, 0.717) is 5.82 Å². The molecule has 0 atom stereocenters. The van der Waals surface area contributed by atoms with Crippen molar-refractivity contribution >= 4 is 29.1 Å². The van der Waals surface area contributed by atoms with Gasteiger partial charge in [0, 0.05) is 27.9 Å². The third kappa shape index (κ3) is 3.57. The molecule has 1 N–H and O–H groups in total. The van der Waals surface area contributed by atoms with Gasteiger partial charge in [0.2, 0.25) is 0 Å². The Morgan fingerprint density at radius 3 is 2.87 bits per heavy atom. The minimum atomic E-state index is -0.493. The summed E-state index contributed by atoms with van der Waals surface area (Å²) in [6.07, 6.45) is 7.24. The van der Waals surface area contributed by atoms with Crippen molar-refractivity contribution in [2.24, 2.45) is 5.10 Å². The normalized spacial score (nSPS) is 13.2. The summed E-state index contributed by atoms with van der Waals surface area (Å²) in [4.78, 5) is 15.5. The molecule has 0 unspecified atom stereocenters. The summed E-state index contributed by atoms with van der Waals surface area (Å²) in [7, 11) is 0. The van der Waals surface area contributed by atoms with Crippen LogP contribution in [-0.4, -0.2) is 20.7 Å². The first kappa shape index (κ1) is 19.8. The topological polar surface area (TPSA) is 109 Å². The summed E-state index contributed by atoms with van der Waals surface area (Å²) in [5.74, 6) is 0.420. The maximum Gasteiger partial charge on any atom is 0.287 e. The number of nitrogens with zero attached hydrogens (tertiary/aromatic N) is 5. The lowest BCUT2D eigenvalue weighted by atomic mass is 9.96. The zero-order valence-electron chi connectivity index (χ0n) is 16.7. The predicted octanol–water partition coefficient (Wildman–Crippen LogP) is 4.66. The zero-order chi connectivity index (χ0) is 21.3. The van der Waals surface area contributed by atoms with Gasteiger partial charge >= 0.3 is 0 Å². The molecule has 3 aromatic rings. The molecular formula is C21H20N6O2S. The van der Waals surface area contributed by atoms with Crippen LogP contribution in [0.4, 0.5) is 11.5 Å². The largest absolute Gasteiger partial charge is 0.308 e. The third-order valence-electron chi connectivity index (χ3n) is 5.28. The fraction of sp³-hybridized carbons (Fsp3) is 0.286. The average Bonchev–Trinajstić information content (AvgIpc) is 3.24. The van der Waals surface area contributed by atoms with E-state index in [2.05, 4.69) is 26.1 Å². The van der Waals surface area contributed by atoms with E-state index in [9.17, 15) is 15.4 Å². The Kier molecular flexibility index (Phi) is 5.33. The molecule has 9 heteroatoms. The number of nitro groups is 1. The van der Waals surface area contributed by atoms with Gasteiger partial charge in [-0.3, -0.25) is 15.5 Å². The quantitative estimate of drug-likeness (QED) is 0.367. The molecule has 0 spiro atoms. The van der Waals surface area contributed by atoms with Gasteiger partial charge in [-0.1, -0.05) is 0 Å². The number of aromatic nitrogens is 2. The highest BCUT2D eigenvalue weighted by atomic mass is 32.1. The average molecular weight is 420 g/mol. The second-order valence-corrected chi connectivity index (χ2v) is 8.28. The summed E-state index contributed by atoms with van der Waals surface area (Å²) in [6.45, 7) is 4.04. The second-order valence-electron chi connectivity index (χ2n) is 7.19. The van der Waals surface area contributed by atoms with E-state index in [1.54, 1.807) is 17.6 Å². The number of aryl methyl sites for hydroxylation is 2. The lowest BCUT2D eigenvalue weighted by Crippen LogP contribution is -2.02. The lowest BCUT2D eigenvalue weighted by Gasteiger charge is -2.10. The fourth-order valence-electron chi connectivity index (χ4n) is 3.78. The van der Waals surface area contributed by atoms with E-state index >= 15 is 0 Å². The van der Waals surface area contributed by atoms with Gasteiger partial charge in [0.1, 0.15) is 23.1 Å². The summed E-state index contributed by atoms with van der Waals surface area (Å²) in [5, 5.41) is 25.7. The Morgan fingerprint density at radius 1 is 1.37 bits per heavy atom. The van der Waals surface area contributed by atoms with Crippen LogP contribution in [-0.2, 0) is 12.8 Å². The fourth-order valence-corrected chi connectivity index (χ4v) is 5.23. The van der Waals surface area contributed by atoms with Crippen molar-refractivity contribution in [1.82, 2.24) is 9.55 Å². The van der Waals surface area contributed by atoms with E-state index in [0.717, 1.165) is 46.8 Å². The van der Waals surface area contributed by atoms with Gasteiger partial charge in [-0.05, 0) is 57.2 Å². The van der Waals surface area contributed by atoms with Crippen LogP contribution in [0.1, 0.15) is 45.8 Å². The van der Waals surface area contributed by atoms with Crippen molar-refractivity contribution in [1.29, 1.82) is 5.26 Å². The van der Waals surface area contributed by atoms with Crippen LogP contribution in [0.5, 0.6) is 0 Å². The molecule has 0 fully saturated rings. The number of anilines is 1.